The number of benzene rings is 1. The summed E-state index contributed by atoms with van der Waals surface area (Å²) in [7, 11) is 2.28. The first-order valence-corrected chi connectivity index (χ1v) is 7.95. The maximum atomic E-state index is 6.00. The Morgan fingerprint density at radius 2 is 2.00 bits per heavy atom. The second-order valence-corrected chi connectivity index (χ2v) is 6.20. The average molecular weight is 274 g/mol. The van der Waals surface area contributed by atoms with Crippen molar-refractivity contribution in [2.45, 2.75) is 44.2 Å². The van der Waals surface area contributed by atoms with Crippen LogP contribution in [-0.4, -0.2) is 31.1 Å². The molecular formula is C17H26N2O. The van der Waals surface area contributed by atoms with Crippen LogP contribution in [0.4, 0.5) is 0 Å². The number of nitrogens with two attached hydrogens (primary N) is 1. The normalized spacial score (nSPS) is 29.9. The molecule has 1 fully saturated rings. The van der Waals surface area contributed by atoms with Gasteiger partial charge in [0, 0.05) is 24.1 Å². The van der Waals surface area contributed by atoms with Crippen molar-refractivity contribution in [3.8, 4) is 5.75 Å². The van der Waals surface area contributed by atoms with E-state index in [1.807, 2.05) is 0 Å². The Morgan fingerprint density at radius 3 is 2.85 bits per heavy atom. The molecule has 20 heavy (non-hydrogen) atoms. The molecule has 110 valence electrons. The summed E-state index contributed by atoms with van der Waals surface area (Å²) in [5, 5.41) is 0. The predicted octanol–water partition coefficient (Wildman–Crippen LogP) is 2.96. The van der Waals surface area contributed by atoms with Gasteiger partial charge in [0.15, 0.2) is 0 Å². The minimum Gasteiger partial charge on any atom is -0.493 e. The zero-order valence-corrected chi connectivity index (χ0v) is 12.4. The average Bonchev–Trinajstić information content (AvgIpc) is 2.53. The smallest absolute Gasteiger partial charge is 0.124 e. The van der Waals surface area contributed by atoms with Gasteiger partial charge in [-0.2, -0.15) is 0 Å². The van der Waals surface area contributed by atoms with E-state index in [1.165, 1.54) is 31.2 Å². The van der Waals surface area contributed by atoms with Crippen molar-refractivity contribution in [1.29, 1.82) is 0 Å². The topological polar surface area (TPSA) is 38.5 Å². The summed E-state index contributed by atoms with van der Waals surface area (Å²) in [5.74, 6) is 1.72. The van der Waals surface area contributed by atoms with Crippen LogP contribution in [0.25, 0.3) is 0 Å². The molecule has 3 heteroatoms. The van der Waals surface area contributed by atoms with Crippen LogP contribution in [0, 0.1) is 5.92 Å². The Bertz CT molecular complexity index is 448. The van der Waals surface area contributed by atoms with Gasteiger partial charge < -0.3 is 10.5 Å². The highest BCUT2D eigenvalue weighted by atomic mass is 16.5. The SMILES string of the molecule is CN(C1CCOc2ccccc21)C1CCCCC1CN. The molecule has 2 N–H and O–H groups in total. The molecule has 1 aliphatic heterocycles. The Morgan fingerprint density at radius 1 is 1.20 bits per heavy atom. The number of nitrogens with zero attached hydrogens (tertiary/aromatic N) is 1. The van der Waals surface area contributed by atoms with Gasteiger partial charge in [-0.25, -0.2) is 0 Å². The minimum atomic E-state index is 0.483. The molecule has 1 saturated carbocycles. The third kappa shape index (κ3) is 2.57. The van der Waals surface area contributed by atoms with Crippen LogP contribution in [0.2, 0.25) is 0 Å². The van der Waals surface area contributed by atoms with Crippen LogP contribution in [0.5, 0.6) is 5.75 Å². The summed E-state index contributed by atoms with van der Waals surface area (Å²) < 4.78 is 5.79. The lowest BCUT2D eigenvalue weighted by Gasteiger charge is -2.43. The van der Waals surface area contributed by atoms with Crippen molar-refractivity contribution in [3.05, 3.63) is 29.8 Å². The lowest BCUT2D eigenvalue weighted by Crippen LogP contribution is -2.45. The fourth-order valence-corrected chi connectivity index (χ4v) is 3.98. The first-order valence-electron chi connectivity index (χ1n) is 7.95. The zero-order valence-electron chi connectivity index (χ0n) is 12.4. The van der Waals surface area contributed by atoms with Crippen LogP contribution in [0.3, 0.4) is 0 Å². The zero-order chi connectivity index (χ0) is 13.9. The molecule has 0 amide bonds. The Kier molecular flexibility index (Phi) is 4.27. The summed E-state index contributed by atoms with van der Waals surface area (Å²) in [4.78, 5) is 2.58. The number of fused-ring (bicyclic) bond motifs is 1. The van der Waals surface area contributed by atoms with Crippen molar-refractivity contribution in [1.82, 2.24) is 4.90 Å². The predicted molar refractivity (Wildman–Crippen MR) is 81.9 cm³/mol. The Hall–Kier alpha value is -1.06. The lowest BCUT2D eigenvalue weighted by atomic mass is 9.82. The molecular weight excluding hydrogens is 248 g/mol. The van der Waals surface area contributed by atoms with E-state index in [2.05, 4.69) is 36.2 Å². The monoisotopic (exact) mass is 274 g/mol. The van der Waals surface area contributed by atoms with Crippen molar-refractivity contribution in [2.75, 3.05) is 20.2 Å². The minimum absolute atomic E-state index is 0.483. The van der Waals surface area contributed by atoms with E-state index in [0.717, 1.165) is 25.3 Å². The molecule has 3 rings (SSSR count). The molecule has 1 aliphatic carbocycles. The van der Waals surface area contributed by atoms with Crippen LogP contribution in [-0.2, 0) is 0 Å². The highest BCUT2D eigenvalue weighted by molar-refractivity contribution is 5.37. The number of ether oxygens (including phenoxy) is 1. The molecule has 1 aromatic rings. The van der Waals surface area contributed by atoms with Gasteiger partial charge in [0.25, 0.3) is 0 Å². The molecule has 0 spiro atoms. The first-order chi connectivity index (χ1) is 9.81. The van der Waals surface area contributed by atoms with Crippen LogP contribution >= 0.6 is 0 Å². The standard InChI is InChI=1S/C17H26N2O/c1-19(15-8-4-2-6-13(15)12-18)16-10-11-20-17-9-5-3-7-14(16)17/h3,5,7,9,13,15-16H,2,4,6,8,10-12,18H2,1H3. The molecule has 0 bridgehead atoms. The summed E-state index contributed by atoms with van der Waals surface area (Å²) in [6.07, 6.45) is 6.35. The summed E-state index contributed by atoms with van der Waals surface area (Å²) >= 11 is 0. The van der Waals surface area contributed by atoms with E-state index >= 15 is 0 Å². The number of hydrogen-bond donors (Lipinski definition) is 1. The lowest BCUT2D eigenvalue weighted by molar-refractivity contribution is 0.0692. The van der Waals surface area contributed by atoms with Gasteiger partial charge in [0.1, 0.15) is 5.75 Å². The van der Waals surface area contributed by atoms with E-state index < -0.39 is 0 Å². The fourth-order valence-electron chi connectivity index (χ4n) is 3.98. The molecule has 0 radical (unpaired) electrons. The van der Waals surface area contributed by atoms with Gasteiger partial charge in [0.2, 0.25) is 0 Å². The summed E-state index contributed by atoms with van der Waals surface area (Å²) in [6, 6.07) is 9.61. The fraction of sp³-hybridized carbons (Fsp3) is 0.647. The molecule has 0 saturated heterocycles. The molecule has 2 aliphatic rings. The van der Waals surface area contributed by atoms with E-state index in [1.54, 1.807) is 0 Å². The van der Waals surface area contributed by atoms with Gasteiger partial charge >= 0.3 is 0 Å². The van der Waals surface area contributed by atoms with Crippen molar-refractivity contribution in [3.63, 3.8) is 0 Å². The molecule has 1 aromatic carbocycles. The number of para-hydroxylation sites is 1. The largest absolute Gasteiger partial charge is 0.493 e. The molecule has 3 atom stereocenters. The van der Waals surface area contributed by atoms with E-state index in [4.69, 9.17) is 10.5 Å². The van der Waals surface area contributed by atoms with E-state index in [-0.39, 0.29) is 0 Å². The molecule has 3 unspecified atom stereocenters. The van der Waals surface area contributed by atoms with Crippen molar-refractivity contribution < 1.29 is 4.74 Å². The van der Waals surface area contributed by atoms with Crippen LogP contribution in [0.1, 0.15) is 43.7 Å². The third-order valence-corrected chi connectivity index (χ3v) is 5.11. The number of hydrogen-bond acceptors (Lipinski definition) is 3. The maximum absolute atomic E-state index is 6.00. The highest BCUT2D eigenvalue weighted by Gasteiger charge is 2.33. The quantitative estimate of drug-likeness (QED) is 0.921. The third-order valence-electron chi connectivity index (χ3n) is 5.11. The van der Waals surface area contributed by atoms with Gasteiger partial charge in [-0.15, -0.1) is 0 Å². The molecule has 3 nitrogen and oxygen atoms in total. The first kappa shape index (κ1) is 13.9. The van der Waals surface area contributed by atoms with Crippen molar-refractivity contribution >= 4 is 0 Å². The Balaban J connectivity index is 1.82. The highest BCUT2D eigenvalue weighted by Crippen LogP contribution is 2.39. The summed E-state index contributed by atoms with van der Waals surface area (Å²) in [5.41, 5.74) is 7.35. The second kappa shape index (κ2) is 6.15. The van der Waals surface area contributed by atoms with Gasteiger partial charge in [-0.1, -0.05) is 31.0 Å². The second-order valence-electron chi connectivity index (χ2n) is 6.20. The van der Waals surface area contributed by atoms with Crippen LogP contribution < -0.4 is 10.5 Å². The van der Waals surface area contributed by atoms with Gasteiger partial charge in [0.05, 0.1) is 6.61 Å². The molecule has 1 heterocycles. The van der Waals surface area contributed by atoms with E-state index in [9.17, 15) is 0 Å². The van der Waals surface area contributed by atoms with Gasteiger partial charge in [-0.05, 0) is 38.4 Å². The molecule has 0 aromatic heterocycles. The maximum Gasteiger partial charge on any atom is 0.124 e. The summed E-state index contributed by atoms with van der Waals surface area (Å²) in [6.45, 7) is 1.64. The van der Waals surface area contributed by atoms with E-state index in [0.29, 0.717) is 18.0 Å². The van der Waals surface area contributed by atoms with Gasteiger partial charge in [-0.3, -0.25) is 4.90 Å². The van der Waals surface area contributed by atoms with Crippen LogP contribution in [0.15, 0.2) is 24.3 Å². The van der Waals surface area contributed by atoms with Crippen molar-refractivity contribution in [2.24, 2.45) is 11.7 Å². The Labute approximate surface area is 122 Å². The number of rotatable bonds is 3.